The summed E-state index contributed by atoms with van der Waals surface area (Å²) < 4.78 is 0. The second-order valence-electron chi connectivity index (χ2n) is 4.38. The number of nitrogens with one attached hydrogen (secondary N) is 2. The summed E-state index contributed by atoms with van der Waals surface area (Å²) in [4.78, 5) is 11.6. The van der Waals surface area contributed by atoms with Crippen LogP contribution in [0.5, 0.6) is 0 Å². The fourth-order valence-corrected chi connectivity index (χ4v) is 1.88. The van der Waals surface area contributed by atoms with Crippen molar-refractivity contribution >= 4 is 5.91 Å². The molecule has 3 heteroatoms. The molecule has 1 aliphatic rings. The number of amides is 1. The standard InChI is InChI=1S/C11H22N2O/c1-9(2)12-7-8-13-11(14)10-5-3-4-6-10/h9-10,12H,3-8H2,1-2H3,(H,13,14). The third kappa shape index (κ3) is 4.09. The van der Waals surface area contributed by atoms with Gasteiger partial charge in [-0.25, -0.2) is 0 Å². The van der Waals surface area contributed by atoms with Crippen LogP contribution < -0.4 is 10.6 Å². The average Bonchev–Trinajstić information content (AvgIpc) is 2.64. The van der Waals surface area contributed by atoms with Gasteiger partial charge in [0, 0.05) is 25.0 Å². The smallest absolute Gasteiger partial charge is 0.223 e. The summed E-state index contributed by atoms with van der Waals surface area (Å²) in [5.41, 5.74) is 0. The van der Waals surface area contributed by atoms with Crippen LogP contribution in [0.25, 0.3) is 0 Å². The summed E-state index contributed by atoms with van der Waals surface area (Å²) in [6.45, 7) is 5.85. The minimum Gasteiger partial charge on any atom is -0.355 e. The van der Waals surface area contributed by atoms with Crippen molar-refractivity contribution in [2.45, 2.75) is 45.6 Å². The highest BCUT2D eigenvalue weighted by Gasteiger charge is 2.21. The molecule has 1 amide bonds. The first-order valence-electron chi connectivity index (χ1n) is 5.71. The van der Waals surface area contributed by atoms with Crippen molar-refractivity contribution in [2.24, 2.45) is 5.92 Å². The van der Waals surface area contributed by atoms with Gasteiger partial charge in [-0.05, 0) is 12.8 Å². The molecule has 0 spiro atoms. The average molecular weight is 198 g/mol. The van der Waals surface area contributed by atoms with Gasteiger partial charge in [0.25, 0.3) is 0 Å². The Morgan fingerprint density at radius 3 is 2.50 bits per heavy atom. The molecule has 0 aromatic carbocycles. The van der Waals surface area contributed by atoms with Crippen LogP contribution in [-0.2, 0) is 4.79 Å². The molecule has 14 heavy (non-hydrogen) atoms. The third-order valence-electron chi connectivity index (χ3n) is 2.70. The lowest BCUT2D eigenvalue weighted by Crippen LogP contribution is -2.36. The van der Waals surface area contributed by atoms with E-state index in [-0.39, 0.29) is 5.91 Å². The van der Waals surface area contributed by atoms with E-state index < -0.39 is 0 Å². The van der Waals surface area contributed by atoms with Crippen LogP contribution in [0.4, 0.5) is 0 Å². The molecule has 0 aromatic rings. The van der Waals surface area contributed by atoms with E-state index in [2.05, 4.69) is 24.5 Å². The molecule has 0 saturated heterocycles. The highest BCUT2D eigenvalue weighted by Crippen LogP contribution is 2.24. The van der Waals surface area contributed by atoms with Gasteiger partial charge in [-0.3, -0.25) is 4.79 Å². The van der Waals surface area contributed by atoms with Crippen molar-refractivity contribution in [3.8, 4) is 0 Å². The summed E-state index contributed by atoms with van der Waals surface area (Å²) >= 11 is 0. The predicted octanol–water partition coefficient (Wildman–Crippen LogP) is 1.29. The summed E-state index contributed by atoms with van der Waals surface area (Å²) in [6, 6.07) is 0.499. The van der Waals surface area contributed by atoms with Crippen LogP contribution in [0.15, 0.2) is 0 Å². The van der Waals surface area contributed by atoms with E-state index in [0.717, 1.165) is 25.9 Å². The maximum atomic E-state index is 11.6. The van der Waals surface area contributed by atoms with Crippen molar-refractivity contribution in [3.63, 3.8) is 0 Å². The van der Waals surface area contributed by atoms with Gasteiger partial charge in [0.05, 0.1) is 0 Å². The Morgan fingerprint density at radius 2 is 1.93 bits per heavy atom. The molecule has 1 rings (SSSR count). The van der Waals surface area contributed by atoms with Gasteiger partial charge in [0.1, 0.15) is 0 Å². The van der Waals surface area contributed by atoms with Gasteiger partial charge >= 0.3 is 0 Å². The molecular formula is C11H22N2O. The van der Waals surface area contributed by atoms with Crippen molar-refractivity contribution in [1.82, 2.24) is 10.6 Å². The van der Waals surface area contributed by atoms with Crippen molar-refractivity contribution in [1.29, 1.82) is 0 Å². The van der Waals surface area contributed by atoms with Crippen LogP contribution >= 0.6 is 0 Å². The monoisotopic (exact) mass is 198 g/mol. The van der Waals surface area contributed by atoms with Crippen LogP contribution in [0.1, 0.15) is 39.5 Å². The number of hydrogen-bond acceptors (Lipinski definition) is 2. The van der Waals surface area contributed by atoms with E-state index in [1.165, 1.54) is 12.8 Å². The van der Waals surface area contributed by atoms with E-state index in [0.29, 0.717) is 12.0 Å². The molecule has 2 N–H and O–H groups in total. The van der Waals surface area contributed by atoms with E-state index in [4.69, 9.17) is 0 Å². The summed E-state index contributed by atoms with van der Waals surface area (Å²) in [5.74, 6) is 0.558. The quantitative estimate of drug-likeness (QED) is 0.654. The first kappa shape index (κ1) is 11.5. The van der Waals surface area contributed by atoms with Gasteiger partial charge in [-0.2, -0.15) is 0 Å². The number of rotatable bonds is 5. The summed E-state index contributed by atoms with van der Waals surface area (Å²) in [6.07, 6.45) is 4.62. The van der Waals surface area contributed by atoms with Gasteiger partial charge < -0.3 is 10.6 Å². The van der Waals surface area contributed by atoms with E-state index in [1.807, 2.05) is 0 Å². The first-order valence-corrected chi connectivity index (χ1v) is 5.71. The maximum Gasteiger partial charge on any atom is 0.223 e. The van der Waals surface area contributed by atoms with E-state index >= 15 is 0 Å². The Bertz CT molecular complexity index is 174. The Hall–Kier alpha value is -0.570. The van der Waals surface area contributed by atoms with Crippen LogP contribution in [-0.4, -0.2) is 25.0 Å². The zero-order chi connectivity index (χ0) is 10.4. The highest BCUT2D eigenvalue weighted by molar-refractivity contribution is 5.78. The van der Waals surface area contributed by atoms with Crippen LogP contribution in [0, 0.1) is 5.92 Å². The Balaban J connectivity index is 2.03. The lowest BCUT2D eigenvalue weighted by molar-refractivity contribution is -0.124. The Labute approximate surface area is 86.6 Å². The minimum atomic E-state index is 0.257. The molecule has 0 bridgehead atoms. The lowest BCUT2D eigenvalue weighted by Gasteiger charge is -2.12. The number of hydrogen-bond donors (Lipinski definition) is 2. The normalized spacial score (nSPS) is 17.6. The van der Waals surface area contributed by atoms with Gasteiger partial charge in [-0.15, -0.1) is 0 Å². The molecule has 1 saturated carbocycles. The largest absolute Gasteiger partial charge is 0.355 e. The molecule has 1 fully saturated rings. The van der Waals surface area contributed by atoms with Gasteiger partial charge in [0.15, 0.2) is 0 Å². The summed E-state index contributed by atoms with van der Waals surface area (Å²) in [5, 5.41) is 6.26. The SMILES string of the molecule is CC(C)NCCNC(=O)C1CCCC1. The fourth-order valence-electron chi connectivity index (χ4n) is 1.88. The summed E-state index contributed by atoms with van der Waals surface area (Å²) in [7, 11) is 0. The molecule has 0 atom stereocenters. The van der Waals surface area contributed by atoms with E-state index in [9.17, 15) is 4.79 Å². The van der Waals surface area contributed by atoms with Gasteiger partial charge in [-0.1, -0.05) is 26.7 Å². The second kappa shape index (κ2) is 6.02. The number of carbonyl (C=O) groups is 1. The first-order chi connectivity index (χ1) is 6.70. The molecular weight excluding hydrogens is 176 g/mol. The molecule has 0 aromatic heterocycles. The second-order valence-corrected chi connectivity index (χ2v) is 4.38. The fraction of sp³-hybridized carbons (Fsp3) is 0.909. The highest BCUT2D eigenvalue weighted by atomic mass is 16.1. The molecule has 0 aliphatic heterocycles. The molecule has 0 radical (unpaired) electrons. The van der Waals surface area contributed by atoms with Crippen molar-refractivity contribution < 1.29 is 4.79 Å². The Kier molecular flexibility index (Phi) is 4.94. The van der Waals surface area contributed by atoms with Crippen molar-refractivity contribution in [2.75, 3.05) is 13.1 Å². The molecule has 82 valence electrons. The molecule has 3 nitrogen and oxygen atoms in total. The van der Waals surface area contributed by atoms with Crippen molar-refractivity contribution in [3.05, 3.63) is 0 Å². The van der Waals surface area contributed by atoms with E-state index in [1.54, 1.807) is 0 Å². The molecule has 0 unspecified atom stereocenters. The maximum absolute atomic E-state index is 11.6. The lowest BCUT2D eigenvalue weighted by atomic mass is 10.1. The third-order valence-corrected chi connectivity index (χ3v) is 2.70. The zero-order valence-electron chi connectivity index (χ0n) is 9.31. The predicted molar refractivity (Wildman–Crippen MR) is 58.1 cm³/mol. The van der Waals surface area contributed by atoms with Crippen LogP contribution in [0.3, 0.4) is 0 Å². The molecule has 1 aliphatic carbocycles. The van der Waals surface area contributed by atoms with Crippen LogP contribution in [0.2, 0.25) is 0 Å². The topological polar surface area (TPSA) is 41.1 Å². The minimum absolute atomic E-state index is 0.257. The van der Waals surface area contributed by atoms with Gasteiger partial charge in [0.2, 0.25) is 5.91 Å². The molecule has 0 heterocycles. The number of carbonyl (C=O) groups excluding carboxylic acids is 1. The Morgan fingerprint density at radius 1 is 1.29 bits per heavy atom. The zero-order valence-corrected chi connectivity index (χ0v) is 9.31.